The van der Waals surface area contributed by atoms with Gasteiger partial charge >= 0.3 is 0 Å². The predicted octanol–water partition coefficient (Wildman–Crippen LogP) is 2.65. The van der Waals surface area contributed by atoms with Crippen molar-refractivity contribution in [2.75, 3.05) is 6.61 Å². The monoisotopic (exact) mass is 346 g/mol. The molecule has 9 nitrogen and oxygen atoms in total. The number of nitrogens with zero attached hydrogens (tertiary/aromatic N) is 2. The number of aliphatic hydroxyl groups excluding tert-OH is 1. The number of hydrogen-bond acceptors (Lipinski definition) is 7. The van der Waals surface area contributed by atoms with Gasteiger partial charge in [0.05, 0.1) is 16.5 Å². The fourth-order valence-corrected chi connectivity index (χ4v) is 2.55. The molecule has 25 heavy (non-hydrogen) atoms. The second kappa shape index (κ2) is 6.93. The summed E-state index contributed by atoms with van der Waals surface area (Å²) >= 11 is 0. The van der Waals surface area contributed by atoms with Crippen LogP contribution in [-0.2, 0) is 9.47 Å². The van der Waals surface area contributed by atoms with Crippen molar-refractivity contribution in [3.05, 3.63) is 79.9 Å². The van der Waals surface area contributed by atoms with Crippen molar-refractivity contribution >= 4 is 11.4 Å². The minimum absolute atomic E-state index is 0.00328. The fourth-order valence-electron chi connectivity index (χ4n) is 2.55. The standard InChI is InChI=1S/C16H14N2O7/c19-14-9-24-16(11-3-7-13(8-4-11)18(22)23)25-15(14)10-1-5-12(6-2-10)17(20)21/h1-8,14-16,19H,9H2/t14-,15+,16-/m1/s1. The molecule has 0 amide bonds. The van der Waals surface area contributed by atoms with Crippen LogP contribution in [0.15, 0.2) is 48.5 Å². The number of ether oxygens (including phenoxy) is 2. The van der Waals surface area contributed by atoms with E-state index in [9.17, 15) is 25.3 Å². The topological polar surface area (TPSA) is 125 Å². The van der Waals surface area contributed by atoms with Crippen LogP contribution < -0.4 is 0 Å². The van der Waals surface area contributed by atoms with Crippen LogP contribution >= 0.6 is 0 Å². The van der Waals surface area contributed by atoms with Gasteiger partial charge < -0.3 is 14.6 Å². The Morgan fingerprint density at radius 2 is 1.36 bits per heavy atom. The molecular formula is C16H14N2O7. The summed E-state index contributed by atoms with van der Waals surface area (Å²) in [6.07, 6.45) is -2.46. The lowest BCUT2D eigenvalue weighted by atomic mass is 10.0. The van der Waals surface area contributed by atoms with E-state index in [1.165, 1.54) is 48.5 Å². The lowest BCUT2D eigenvalue weighted by Crippen LogP contribution is -2.34. The van der Waals surface area contributed by atoms with E-state index in [-0.39, 0.29) is 18.0 Å². The molecule has 0 saturated carbocycles. The Balaban J connectivity index is 1.79. The number of non-ortho nitro benzene ring substituents is 2. The van der Waals surface area contributed by atoms with Gasteiger partial charge in [0.15, 0.2) is 6.29 Å². The van der Waals surface area contributed by atoms with Crippen molar-refractivity contribution in [3.8, 4) is 0 Å². The van der Waals surface area contributed by atoms with E-state index in [2.05, 4.69) is 0 Å². The number of benzene rings is 2. The summed E-state index contributed by atoms with van der Waals surface area (Å²) in [5, 5.41) is 31.5. The normalized spacial score (nSPS) is 23.2. The van der Waals surface area contributed by atoms with Crippen molar-refractivity contribution in [3.63, 3.8) is 0 Å². The second-order valence-electron chi connectivity index (χ2n) is 5.49. The summed E-state index contributed by atoms with van der Waals surface area (Å²) in [6, 6.07) is 11.4. The number of nitro groups is 2. The van der Waals surface area contributed by atoms with E-state index in [4.69, 9.17) is 9.47 Å². The van der Waals surface area contributed by atoms with Crippen molar-refractivity contribution in [1.82, 2.24) is 0 Å². The van der Waals surface area contributed by atoms with E-state index in [1.807, 2.05) is 0 Å². The molecule has 130 valence electrons. The third kappa shape index (κ3) is 3.63. The summed E-state index contributed by atoms with van der Waals surface area (Å²) in [7, 11) is 0. The van der Waals surface area contributed by atoms with E-state index in [1.54, 1.807) is 0 Å². The van der Waals surface area contributed by atoms with Gasteiger partial charge in [0, 0.05) is 29.8 Å². The predicted molar refractivity (Wildman–Crippen MR) is 84.7 cm³/mol. The largest absolute Gasteiger partial charge is 0.388 e. The molecule has 3 rings (SSSR count). The maximum absolute atomic E-state index is 10.7. The fraction of sp³-hybridized carbons (Fsp3) is 0.250. The molecule has 9 heteroatoms. The third-order valence-electron chi connectivity index (χ3n) is 3.85. The average molecular weight is 346 g/mol. The van der Waals surface area contributed by atoms with E-state index in [0.717, 1.165) is 0 Å². The third-order valence-corrected chi connectivity index (χ3v) is 3.85. The molecule has 1 aliphatic heterocycles. The first kappa shape index (κ1) is 17.0. The Labute approximate surface area is 141 Å². The Hall–Kier alpha value is -2.88. The van der Waals surface area contributed by atoms with Gasteiger partial charge in [-0.2, -0.15) is 0 Å². The summed E-state index contributed by atoms with van der Waals surface area (Å²) < 4.78 is 11.2. The molecule has 1 saturated heterocycles. The van der Waals surface area contributed by atoms with Gasteiger partial charge in [-0.1, -0.05) is 0 Å². The molecule has 0 bridgehead atoms. The van der Waals surface area contributed by atoms with Crippen LogP contribution in [0.3, 0.4) is 0 Å². The zero-order chi connectivity index (χ0) is 18.0. The molecule has 2 aromatic carbocycles. The van der Waals surface area contributed by atoms with Gasteiger partial charge in [0.1, 0.15) is 12.2 Å². The van der Waals surface area contributed by atoms with Crippen molar-refractivity contribution < 1.29 is 24.4 Å². The SMILES string of the molecule is O=[N+]([O-])c1ccc([C@@H]2OC[C@@H](O)[C@H](c3ccc([N+](=O)[O-])cc3)O2)cc1. The minimum atomic E-state index is -0.934. The molecule has 3 atom stereocenters. The highest BCUT2D eigenvalue weighted by Crippen LogP contribution is 2.35. The highest BCUT2D eigenvalue weighted by Gasteiger charge is 2.33. The molecule has 0 aromatic heterocycles. The Morgan fingerprint density at radius 1 is 0.880 bits per heavy atom. The Morgan fingerprint density at radius 3 is 1.84 bits per heavy atom. The summed E-state index contributed by atoms with van der Waals surface area (Å²) in [5.74, 6) is 0. The molecule has 1 aliphatic rings. The van der Waals surface area contributed by atoms with Crippen LogP contribution in [0.2, 0.25) is 0 Å². The quantitative estimate of drug-likeness (QED) is 0.666. The smallest absolute Gasteiger partial charge is 0.269 e. The maximum Gasteiger partial charge on any atom is 0.269 e. The van der Waals surface area contributed by atoms with E-state index < -0.39 is 28.3 Å². The zero-order valence-corrected chi connectivity index (χ0v) is 12.8. The molecule has 2 aromatic rings. The van der Waals surface area contributed by atoms with Crippen molar-refractivity contribution in [1.29, 1.82) is 0 Å². The number of nitro benzene ring substituents is 2. The molecule has 1 heterocycles. The summed E-state index contributed by atoms with van der Waals surface area (Å²) in [6.45, 7) is 0.00328. The molecule has 0 aliphatic carbocycles. The molecule has 1 N–H and O–H groups in total. The lowest BCUT2D eigenvalue weighted by molar-refractivity contribution is -0.385. The first-order valence-electron chi connectivity index (χ1n) is 7.39. The van der Waals surface area contributed by atoms with Gasteiger partial charge in [-0.25, -0.2) is 0 Å². The van der Waals surface area contributed by atoms with Gasteiger partial charge in [0.2, 0.25) is 0 Å². The minimum Gasteiger partial charge on any atom is -0.388 e. The van der Waals surface area contributed by atoms with Crippen LogP contribution in [0, 0.1) is 20.2 Å². The van der Waals surface area contributed by atoms with Crippen LogP contribution in [-0.4, -0.2) is 27.7 Å². The number of rotatable bonds is 4. The average Bonchev–Trinajstić information content (AvgIpc) is 2.62. The van der Waals surface area contributed by atoms with Crippen LogP contribution in [0.4, 0.5) is 11.4 Å². The Kier molecular flexibility index (Phi) is 4.70. The van der Waals surface area contributed by atoms with Crippen LogP contribution in [0.5, 0.6) is 0 Å². The first-order chi connectivity index (χ1) is 12.0. The van der Waals surface area contributed by atoms with Gasteiger partial charge in [-0.3, -0.25) is 20.2 Å². The Bertz CT molecular complexity index is 776. The number of hydrogen-bond donors (Lipinski definition) is 1. The highest BCUT2D eigenvalue weighted by atomic mass is 16.7. The number of aliphatic hydroxyl groups is 1. The second-order valence-corrected chi connectivity index (χ2v) is 5.49. The molecule has 0 radical (unpaired) electrons. The zero-order valence-electron chi connectivity index (χ0n) is 12.8. The first-order valence-corrected chi connectivity index (χ1v) is 7.39. The summed E-state index contributed by atoms with van der Waals surface area (Å²) in [5.41, 5.74) is 1.04. The van der Waals surface area contributed by atoms with Crippen LogP contribution in [0.25, 0.3) is 0 Å². The van der Waals surface area contributed by atoms with Crippen molar-refractivity contribution in [2.24, 2.45) is 0 Å². The van der Waals surface area contributed by atoms with Gasteiger partial charge in [-0.05, 0) is 29.8 Å². The molecular weight excluding hydrogens is 332 g/mol. The molecule has 0 spiro atoms. The summed E-state index contributed by atoms with van der Waals surface area (Å²) in [4.78, 5) is 20.4. The molecule has 0 unspecified atom stereocenters. The van der Waals surface area contributed by atoms with Crippen LogP contribution in [0.1, 0.15) is 23.5 Å². The highest BCUT2D eigenvalue weighted by molar-refractivity contribution is 5.35. The lowest BCUT2D eigenvalue weighted by Gasteiger charge is -2.34. The van der Waals surface area contributed by atoms with Crippen molar-refractivity contribution in [2.45, 2.75) is 18.5 Å². The van der Waals surface area contributed by atoms with Gasteiger partial charge in [-0.15, -0.1) is 0 Å². The van der Waals surface area contributed by atoms with E-state index in [0.29, 0.717) is 11.1 Å². The molecule has 1 fully saturated rings. The van der Waals surface area contributed by atoms with E-state index >= 15 is 0 Å². The van der Waals surface area contributed by atoms with Gasteiger partial charge in [0.25, 0.3) is 11.4 Å². The maximum atomic E-state index is 10.7.